The molecule has 0 saturated carbocycles. The number of hydrogen-bond donors (Lipinski definition) is 0. The lowest BCUT2D eigenvalue weighted by Crippen LogP contribution is -2.50. The van der Waals surface area contributed by atoms with E-state index in [0.29, 0.717) is 16.3 Å². The minimum Gasteiger partial charge on any atom is -0.451 e. The highest BCUT2D eigenvalue weighted by Gasteiger charge is 2.31. The van der Waals surface area contributed by atoms with Crippen molar-refractivity contribution < 1.29 is 22.0 Å². The predicted octanol–water partition coefficient (Wildman–Crippen LogP) is 3.89. The van der Waals surface area contributed by atoms with Gasteiger partial charge in [-0.3, -0.25) is 4.79 Å². The smallest absolute Gasteiger partial charge is 0.289 e. The summed E-state index contributed by atoms with van der Waals surface area (Å²) in [5.74, 6) is -0.0589. The average molecular weight is 449 g/mol. The molecule has 4 rings (SSSR count). The highest BCUT2D eigenvalue weighted by molar-refractivity contribution is 7.89. The minimum atomic E-state index is -3.68. The van der Waals surface area contributed by atoms with Crippen molar-refractivity contribution in [2.24, 2.45) is 0 Å². The highest BCUT2D eigenvalue weighted by Crippen LogP contribution is 2.25. The molecule has 2 heterocycles. The molecular formula is C21H18ClFN2O4S. The van der Waals surface area contributed by atoms with Gasteiger partial charge in [0.15, 0.2) is 5.76 Å². The van der Waals surface area contributed by atoms with E-state index in [1.54, 1.807) is 41.3 Å². The lowest BCUT2D eigenvalue weighted by Gasteiger charge is -2.33. The first-order valence-electron chi connectivity index (χ1n) is 9.25. The van der Waals surface area contributed by atoms with E-state index in [1.165, 1.54) is 28.6 Å². The van der Waals surface area contributed by atoms with Crippen molar-refractivity contribution in [2.75, 3.05) is 26.2 Å². The van der Waals surface area contributed by atoms with Gasteiger partial charge < -0.3 is 9.32 Å². The van der Waals surface area contributed by atoms with Crippen LogP contribution in [-0.2, 0) is 10.0 Å². The molecule has 1 amide bonds. The number of amides is 1. The zero-order chi connectivity index (χ0) is 21.3. The van der Waals surface area contributed by atoms with Crippen LogP contribution in [0.15, 0.2) is 70.0 Å². The van der Waals surface area contributed by atoms with Crippen molar-refractivity contribution in [1.82, 2.24) is 9.21 Å². The Bertz CT molecular complexity index is 1170. The van der Waals surface area contributed by atoms with E-state index in [-0.39, 0.29) is 48.6 Å². The van der Waals surface area contributed by atoms with Gasteiger partial charge in [0.25, 0.3) is 5.91 Å². The molecule has 0 spiro atoms. The molecule has 1 fully saturated rings. The molecular weight excluding hydrogens is 431 g/mol. The second kappa shape index (κ2) is 8.22. The van der Waals surface area contributed by atoms with Gasteiger partial charge in [0.1, 0.15) is 11.6 Å². The Kier molecular flexibility index (Phi) is 5.64. The van der Waals surface area contributed by atoms with Gasteiger partial charge in [-0.15, -0.1) is 0 Å². The maximum absolute atomic E-state index is 13.1. The van der Waals surface area contributed by atoms with Gasteiger partial charge in [0.05, 0.1) is 4.90 Å². The minimum absolute atomic E-state index is 0.129. The van der Waals surface area contributed by atoms with Gasteiger partial charge >= 0.3 is 0 Å². The van der Waals surface area contributed by atoms with Crippen LogP contribution < -0.4 is 0 Å². The van der Waals surface area contributed by atoms with Gasteiger partial charge in [0.2, 0.25) is 10.0 Å². The Morgan fingerprint density at radius 3 is 2.33 bits per heavy atom. The number of carbonyl (C=O) groups is 1. The largest absolute Gasteiger partial charge is 0.451 e. The normalized spacial score (nSPS) is 15.3. The molecule has 156 valence electrons. The molecule has 0 N–H and O–H groups in total. The first kappa shape index (κ1) is 20.6. The third-order valence-corrected chi connectivity index (χ3v) is 7.03. The Labute approximate surface area is 178 Å². The van der Waals surface area contributed by atoms with Crippen LogP contribution in [0.2, 0.25) is 5.02 Å². The number of hydrogen-bond acceptors (Lipinski definition) is 4. The van der Waals surface area contributed by atoms with Crippen LogP contribution in [0.5, 0.6) is 0 Å². The molecule has 0 unspecified atom stereocenters. The number of nitrogens with zero attached hydrogens (tertiary/aromatic N) is 2. The summed E-state index contributed by atoms with van der Waals surface area (Å²) in [5.41, 5.74) is 0.660. The van der Waals surface area contributed by atoms with Crippen LogP contribution in [0.4, 0.5) is 4.39 Å². The third-order valence-electron chi connectivity index (χ3n) is 4.91. The fourth-order valence-electron chi connectivity index (χ4n) is 3.29. The van der Waals surface area contributed by atoms with E-state index in [2.05, 4.69) is 0 Å². The lowest BCUT2D eigenvalue weighted by molar-refractivity contribution is 0.0667. The fraction of sp³-hybridized carbons (Fsp3) is 0.190. The molecule has 1 aliphatic heterocycles. The van der Waals surface area contributed by atoms with Crippen LogP contribution >= 0.6 is 11.6 Å². The summed E-state index contributed by atoms with van der Waals surface area (Å²) >= 11 is 5.91. The Morgan fingerprint density at radius 2 is 1.67 bits per heavy atom. The number of halogens is 2. The van der Waals surface area contributed by atoms with E-state index in [1.807, 2.05) is 0 Å². The summed E-state index contributed by atoms with van der Waals surface area (Å²) in [6.07, 6.45) is 0. The number of benzene rings is 2. The second-order valence-electron chi connectivity index (χ2n) is 6.82. The summed E-state index contributed by atoms with van der Waals surface area (Å²) in [6, 6.07) is 15.1. The summed E-state index contributed by atoms with van der Waals surface area (Å²) in [6.45, 7) is 0.828. The van der Waals surface area contributed by atoms with Crippen molar-refractivity contribution in [3.05, 3.63) is 77.3 Å². The van der Waals surface area contributed by atoms with Gasteiger partial charge in [0, 0.05) is 36.8 Å². The van der Waals surface area contributed by atoms with E-state index in [4.69, 9.17) is 16.0 Å². The quantitative estimate of drug-likeness (QED) is 0.607. The van der Waals surface area contributed by atoms with Crippen LogP contribution in [0.3, 0.4) is 0 Å². The zero-order valence-corrected chi connectivity index (χ0v) is 17.4. The van der Waals surface area contributed by atoms with E-state index < -0.39 is 10.0 Å². The number of carbonyl (C=O) groups excluding carboxylic acids is 1. The maximum Gasteiger partial charge on any atom is 0.289 e. The van der Waals surface area contributed by atoms with E-state index in [0.717, 1.165) is 0 Å². The number of rotatable bonds is 4. The van der Waals surface area contributed by atoms with Gasteiger partial charge in [-0.25, -0.2) is 12.8 Å². The van der Waals surface area contributed by atoms with Crippen molar-refractivity contribution in [2.45, 2.75) is 4.90 Å². The lowest BCUT2D eigenvalue weighted by atomic mass is 10.2. The molecule has 0 radical (unpaired) electrons. The average Bonchev–Trinajstić information content (AvgIpc) is 3.24. The molecule has 2 aromatic carbocycles. The first-order valence-corrected chi connectivity index (χ1v) is 11.1. The fourth-order valence-corrected chi connectivity index (χ4v) is 5.01. The zero-order valence-electron chi connectivity index (χ0n) is 15.8. The van der Waals surface area contributed by atoms with Crippen molar-refractivity contribution in [3.63, 3.8) is 0 Å². The van der Waals surface area contributed by atoms with Crippen molar-refractivity contribution in [3.8, 4) is 11.3 Å². The summed E-state index contributed by atoms with van der Waals surface area (Å²) in [7, 11) is -3.68. The summed E-state index contributed by atoms with van der Waals surface area (Å²) < 4.78 is 45.6. The number of furan rings is 1. The maximum atomic E-state index is 13.1. The number of sulfonamides is 1. The van der Waals surface area contributed by atoms with Crippen molar-refractivity contribution in [1.29, 1.82) is 0 Å². The Balaban J connectivity index is 1.43. The third kappa shape index (κ3) is 4.12. The Hall–Kier alpha value is -2.68. The molecule has 30 heavy (non-hydrogen) atoms. The van der Waals surface area contributed by atoms with Gasteiger partial charge in [-0.2, -0.15) is 4.31 Å². The summed E-state index contributed by atoms with van der Waals surface area (Å²) in [4.78, 5) is 14.4. The van der Waals surface area contributed by atoms with Crippen LogP contribution in [0.25, 0.3) is 11.3 Å². The second-order valence-corrected chi connectivity index (χ2v) is 9.20. The molecule has 0 bridgehead atoms. The van der Waals surface area contributed by atoms with E-state index >= 15 is 0 Å². The Morgan fingerprint density at radius 1 is 0.967 bits per heavy atom. The van der Waals surface area contributed by atoms with Crippen molar-refractivity contribution >= 4 is 27.5 Å². The van der Waals surface area contributed by atoms with Crippen LogP contribution in [-0.4, -0.2) is 49.7 Å². The highest BCUT2D eigenvalue weighted by atomic mass is 35.5. The molecule has 6 nitrogen and oxygen atoms in total. The summed E-state index contributed by atoms with van der Waals surface area (Å²) in [5, 5.41) is 0.347. The molecule has 3 aromatic rings. The van der Waals surface area contributed by atoms with Gasteiger partial charge in [-0.05, 0) is 54.6 Å². The molecule has 1 aromatic heterocycles. The molecule has 1 saturated heterocycles. The SMILES string of the molecule is O=C(c1ccc(-c2ccc(F)cc2)o1)N1CCN(S(=O)(=O)c2cccc(Cl)c2)CC1. The first-order chi connectivity index (χ1) is 14.3. The molecule has 0 atom stereocenters. The van der Waals surface area contributed by atoms with Crippen LogP contribution in [0, 0.1) is 5.82 Å². The standard InChI is InChI=1S/C21H18ClFN2O4S/c22-16-2-1-3-18(14-16)30(27,28)25-12-10-24(11-13-25)21(26)20-9-8-19(29-20)15-4-6-17(23)7-5-15/h1-9,14H,10-13H2. The predicted molar refractivity (Wildman–Crippen MR) is 110 cm³/mol. The monoisotopic (exact) mass is 448 g/mol. The number of piperazine rings is 1. The topological polar surface area (TPSA) is 70.8 Å². The van der Waals surface area contributed by atoms with Gasteiger partial charge in [-0.1, -0.05) is 17.7 Å². The molecule has 1 aliphatic rings. The molecule has 9 heteroatoms. The van der Waals surface area contributed by atoms with Crippen LogP contribution in [0.1, 0.15) is 10.6 Å². The molecule has 0 aliphatic carbocycles. The van der Waals surface area contributed by atoms with E-state index in [9.17, 15) is 17.6 Å².